The van der Waals surface area contributed by atoms with Gasteiger partial charge in [-0.2, -0.15) is 5.10 Å². The molecule has 3 rings (SSSR count). The van der Waals surface area contributed by atoms with E-state index in [1.54, 1.807) is 54.6 Å². The molecule has 0 aromatic heterocycles. The van der Waals surface area contributed by atoms with Gasteiger partial charge in [0.15, 0.2) is 24.7 Å². The monoisotopic (exact) mass is 545 g/mol. The van der Waals surface area contributed by atoms with Crippen LogP contribution in [0.15, 0.2) is 65.8 Å². The van der Waals surface area contributed by atoms with Crippen molar-refractivity contribution < 1.29 is 28.5 Å². The van der Waals surface area contributed by atoms with E-state index in [9.17, 15) is 9.59 Å². The third kappa shape index (κ3) is 8.59. The Hall–Kier alpha value is -3.95. The van der Waals surface area contributed by atoms with E-state index >= 15 is 0 Å². The molecule has 3 aromatic rings. The molecule has 0 spiro atoms. The van der Waals surface area contributed by atoms with Gasteiger partial charge in [0.1, 0.15) is 11.5 Å². The summed E-state index contributed by atoms with van der Waals surface area (Å²) in [5.41, 5.74) is 3.55. The molecule has 0 bridgehead atoms. The van der Waals surface area contributed by atoms with Crippen molar-refractivity contribution in [2.45, 2.75) is 6.92 Å². The largest absolute Gasteiger partial charge is 0.495 e. The zero-order chi connectivity index (χ0) is 26.6. The number of carbonyl (C=O) groups excluding carboxylic acids is 2. The van der Waals surface area contributed by atoms with Crippen LogP contribution in [0.25, 0.3) is 0 Å². The quantitative estimate of drug-likeness (QED) is 0.246. The molecule has 0 fully saturated rings. The summed E-state index contributed by atoms with van der Waals surface area (Å²) in [7, 11) is 1.53. The van der Waals surface area contributed by atoms with E-state index in [4.69, 9.17) is 42.1 Å². The maximum absolute atomic E-state index is 12.4. The molecule has 0 aliphatic heterocycles. The van der Waals surface area contributed by atoms with Gasteiger partial charge in [-0.1, -0.05) is 35.3 Å². The van der Waals surface area contributed by atoms with E-state index in [1.807, 2.05) is 6.92 Å². The number of hydrogen-bond donors (Lipinski definition) is 2. The van der Waals surface area contributed by atoms with Crippen molar-refractivity contribution in [3.63, 3.8) is 0 Å². The average Bonchev–Trinajstić information content (AvgIpc) is 2.88. The fourth-order valence-electron chi connectivity index (χ4n) is 3.02. The molecule has 0 radical (unpaired) electrons. The predicted molar refractivity (Wildman–Crippen MR) is 142 cm³/mol. The maximum atomic E-state index is 12.4. The van der Waals surface area contributed by atoms with Crippen LogP contribution in [0, 0.1) is 0 Å². The molecule has 0 aliphatic rings. The fraction of sp³-hybridized carbons (Fsp3) is 0.192. The molecule has 0 heterocycles. The molecular weight excluding hydrogens is 521 g/mol. The number of amides is 2. The number of rotatable bonds is 12. The van der Waals surface area contributed by atoms with Gasteiger partial charge >= 0.3 is 0 Å². The summed E-state index contributed by atoms with van der Waals surface area (Å²) < 4.78 is 21.9. The Balaban J connectivity index is 1.54. The van der Waals surface area contributed by atoms with E-state index in [2.05, 4.69) is 15.8 Å². The topological polar surface area (TPSA) is 107 Å². The number of anilines is 1. The molecular formula is C26H25Cl2N3O6. The summed E-state index contributed by atoms with van der Waals surface area (Å²) in [4.78, 5) is 24.4. The Morgan fingerprint density at radius 1 is 0.865 bits per heavy atom. The molecule has 0 atom stereocenters. The highest BCUT2D eigenvalue weighted by Gasteiger charge is 2.11. The predicted octanol–water partition coefficient (Wildman–Crippen LogP) is 4.95. The van der Waals surface area contributed by atoms with Crippen LogP contribution in [-0.2, 0) is 9.59 Å². The van der Waals surface area contributed by atoms with Crippen molar-refractivity contribution in [3.8, 4) is 23.0 Å². The van der Waals surface area contributed by atoms with Gasteiger partial charge < -0.3 is 24.3 Å². The summed E-state index contributed by atoms with van der Waals surface area (Å²) in [6, 6.07) is 16.8. The summed E-state index contributed by atoms with van der Waals surface area (Å²) in [6.07, 6.45) is 1.44. The molecule has 11 heteroatoms. The first-order valence-corrected chi connectivity index (χ1v) is 11.9. The number of nitrogens with one attached hydrogen (secondary N) is 2. The van der Waals surface area contributed by atoms with E-state index < -0.39 is 5.91 Å². The lowest BCUT2D eigenvalue weighted by molar-refractivity contribution is -0.123. The van der Waals surface area contributed by atoms with Gasteiger partial charge in [-0.15, -0.1) is 0 Å². The Labute approximate surface area is 224 Å². The van der Waals surface area contributed by atoms with Gasteiger partial charge in [0.05, 0.1) is 30.6 Å². The minimum atomic E-state index is -0.478. The number of carbonyl (C=O) groups is 2. The third-order valence-corrected chi connectivity index (χ3v) is 5.19. The SMILES string of the molecule is CCOc1cc(/C=N/NC(=O)COc2ccc(Cl)cc2Cl)ccc1OCC(=O)Nc1ccccc1OC. The van der Waals surface area contributed by atoms with Crippen LogP contribution in [0.2, 0.25) is 10.0 Å². The van der Waals surface area contributed by atoms with Crippen molar-refractivity contribution >= 4 is 46.9 Å². The summed E-state index contributed by atoms with van der Waals surface area (Å²) in [6.45, 7) is 1.68. The lowest BCUT2D eigenvalue weighted by Crippen LogP contribution is -2.24. The normalized spacial score (nSPS) is 10.6. The van der Waals surface area contributed by atoms with Crippen LogP contribution in [0.5, 0.6) is 23.0 Å². The van der Waals surface area contributed by atoms with Crippen LogP contribution >= 0.6 is 23.2 Å². The number of para-hydroxylation sites is 2. The second-order valence-corrected chi connectivity index (χ2v) is 8.18. The van der Waals surface area contributed by atoms with Gasteiger partial charge in [0.2, 0.25) is 0 Å². The van der Waals surface area contributed by atoms with Crippen LogP contribution in [0.4, 0.5) is 5.69 Å². The summed E-state index contributed by atoms with van der Waals surface area (Å²) in [5.74, 6) is 0.839. The lowest BCUT2D eigenvalue weighted by atomic mass is 10.2. The van der Waals surface area contributed by atoms with Gasteiger partial charge in [-0.05, 0) is 61.0 Å². The Morgan fingerprint density at radius 3 is 2.35 bits per heavy atom. The number of hydrazone groups is 1. The lowest BCUT2D eigenvalue weighted by Gasteiger charge is -2.13. The highest BCUT2D eigenvalue weighted by molar-refractivity contribution is 6.35. The molecule has 0 saturated carbocycles. The Morgan fingerprint density at radius 2 is 1.59 bits per heavy atom. The number of hydrogen-bond acceptors (Lipinski definition) is 7. The molecule has 2 amide bonds. The second-order valence-electron chi connectivity index (χ2n) is 7.33. The van der Waals surface area contributed by atoms with Gasteiger partial charge in [0.25, 0.3) is 11.8 Å². The molecule has 3 aromatic carbocycles. The number of nitrogens with zero attached hydrogens (tertiary/aromatic N) is 1. The molecule has 0 aliphatic carbocycles. The van der Waals surface area contributed by atoms with Crippen molar-refractivity contribution in [2.24, 2.45) is 5.10 Å². The van der Waals surface area contributed by atoms with Crippen molar-refractivity contribution in [1.29, 1.82) is 0 Å². The maximum Gasteiger partial charge on any atom is 0.277 e. The number of benzene rings is 3. The zero-order valence-corrected chi connectivity index (χ0v) is 21.6. The number of halogens is 2. The highest BCUT2D eigenvalue weighted by Crippen LogP contribution is 2.29. The first kappa shape index (κ1) is 27.6. The minimum absolute atomic E-state index is 0.237. The standard InChI is InChI=1S/C26H25Cl2N3O6/c1-3-35-24-12-17(14-29-31-26(33)16-36-21-11-9-18(27)13-19(21)28)8-10-23(24)37-15-25(32)30-20-6-4-5-7-22(20)34-2/h4-14H,3,15-16H2,1-2H3,(H,30,32)(H,31,33)/b29-14+. The minimum Gasteiger partial charge on any atom is -0.495 e. The molecule has 0 saturated heterocycles. The first-order valence-electron chi connectivity index (χ1n) is 11.1. The van der Waals surface area contributed by atoms with E-state index in [-0.39, 0.29) is 19.1 Å². The van der Waals surface area contributed by atoms with Crippen LogP contribution in [-0.4, -0.2) is 45.0 Å². The van der Waals surface area contributed by atoms with Crippen LogP contribution < -0.4 is 29.7 Å². The fourth-order valence-corrected chi connectivity index (χ4v) is 3.48. The van der Waals surface area contributed by atoms with Gasteiger partial charge in [0, 0.05) is 5.02 Å². The molecule has 9 nitrogen and oxygen atoms in total. The Bertz CT molecular complexity index is 1270. The number of methoxy groups -OCH3 is 1. The van der Waals surface area contributed by atoms with E-state index in [1.165, 1.54) is 19.4 Å². The third-order valence-electron chi connectivity index (χ3n) is 4.66. The number of ether oxygens (including phenoxy) is 4. The zero-order valence-electron chi connectivity index (χ0n) is 20.1. The molecule has 37 heavy (non-hydrogen) atoms. The van der Waals surface area contributed by atoms with Crippen molar-refractivity contribution in [2.75, 3.05) is 32.2 Å². The average molecular weight is 546 g/mol. The van der Waals surface area contributed by atoms with Gasteiger partial charge in [-0.3, -0.25) is 9.59 Å². The van der Waals surface area contributed by atoms with Crippen LogP contribution in [0.1, 0.15) is 12.5 Å². The van der Waals surface area contributed by atoms with E-state index in [0.717, 1.165) is 0 Å². The molecule has 2 N–H and O–H groups in total. The Kier molecular flexibility index (Phi) is 10.4. The smallest absolute Gasteiger partial charge is 0.277 e. The molecule has 194 valence electrons. The summed E-state index contributed by atoms with van der Waals surface area (Å²) >= 11 is 11.9. The van der Waals surface area contributed by atoms with Crippen molar-refractivity contribution in [1.82, 2.24) is 5.43 Å². The summed E-state index contributed by atoms with van der Waals surface area (Å²) in [5, 5.41) is 7.43. The van der Waals surface area contributed by atoms with Gasteiger partial charge in [-0.25, -0.2) is 5.43 Å². The highest BCUT2D eigenvalue weighted by atomic mass is 35.5. The van der Waals surface area contributed by atoms with Crippen LogP contribution in [0.3, 0.4) is 0 Å². The van der Waals surface area contributed by atoms with Crippen molar-refractivity contribution in [3.05, 3.63) is 76.3 Å². The second kappa shape index (κ2) is 14.0. The molecule has 0 unspecified atom stereocenters. The first-order chi connectivity index (χ1) is 17.9. The van der Waals surface area contributed by atoms with E-state index in [0.29, 0.717) is 50.9 Å².